The lowest BCUT2D eigenvalue weighted by atomic mass is 10.1. The number of hydrogen-bond donors (Lipinski definition) is 2. The van der Waals surface area contributed by atoms with E-state index >= 15 is 0 Å². The molecule has 0 atom stereocenters. The number of nitrogen functional groups attached to an aromatic ring is 2. The first kappa shape index (κ1) is 26.7. The Hall–Kier alpha value is -6.14. The molecule has 8 rings (SSSR count). The highest BCUT2D eigenvalue weighted by molar-refractivity contribution is 6.00. The summed E-state index contributed by atoms with van der Waals surface area (Å²) in [5.74, 6) is 4.08. The second-order valence-electron chi connectivity index (χ2n) is 10.3. The number of nitrogens with two attached hydrogens (primary N) is 2. The minimum absolute atomic E-state index is 0.479. The average Bonchev–Trinajstić information content (AvgIpc) is 3.77. The summed E-state index contributed by atoms with van der Waals surface area (Å²) >= 11 is 0. The summed E-state index contributed by atoms with van der Waals surface area (Å²) in [4.78, 5) is 8.57. The smallest absolute Gasteiger partial charge is 0.139 e. The van der Waals surface area contributed by atoms with E-state index in [0.29, 0.717) is 11.6 Å². The summed E-state index contributed by atoms with van der Waals surface area (Å²) in [7, 11) is 0. The predicted molar refractivity (Wildman–Crippen MR) is 179 cm³/mol. The number of nitrogens with zero attached hydrogens (tertiary/aromatic N) is 2. The molecule has 0 amide bonds. The fourth-order valence-electron chi connectivity index (χ4n) is 5.34. The summed E-state index contributed by atoms with van der Waals surface area (Å²) in [5, 5.41) is 4.18. The van der Waals surface area contributed by atoms with E-state index in [2.05, 4.69) is 9.97 Å². The Kier molecular flexibility index (Phi) is 7.06. The Morgan fingerprint density at radius 1 is 0.386 bits per heavy atom. The van der Waals surface area contributed by atoms with E-state index in [1.165, 1.54) is 0 Å². The maximum atomic E-state index is 6.10. The van der Waals surface area contributed by atoms with Crippen LogP contribution in [-0.4, -0.2) is 9.97 Å². The van der Waals surface area contributed by atoms with Gasteiger partial charge in [-0.2, -0.15) is 0 Å². The highest BCUT2D eigenvalue weighted by Gasteiger charge is 2.15. The summed E-state index contributed by atoms with van der Waals surface area (Å²) in [6.07, 6.45) is 3.57. The van der Waals surface area contributed by atoms with E-state index < -0.39 is 0 Å². The third-order valence-electron chi connectivity index (χ3n) is 7.48. The molecule has 0 radical (unpaired) electrons. The first-order chi connectivity index (χ1) is 21.7. The molecule has 8 aromatic rings. The van der Waals surface area contributed by atoms with Crippen molar-refractivity contribution in [2.45, 2.75) is 0 Å². The number of pyridine rings is 2. The van der Waals surface area contributed by atoms with Crippen LogP contribution in [-0.2, 0) is 0 Å². The lowest BCUT2D eigenvalue weighted by Gasteiger charge is -2.06. The zero-order valence-electron chi connectivity index (χ0n) is 23.7. The molecular formula is C38H28N4O2. The highest BCUT2D eigenvalue weighted by atomic mass is 16.3. The molecule has 0 aliphatic rings. The highest BCUT2D eigenvalue weighted by Crippen LogP contribution is 2.37. The number of rotatable bonds is 4. The molecule has 0 bridgehead atoms. The Balaban J connectivity index is 0.000000142. The van der Waals surface area contributed by atoms with Crippen LogP contribution in [0.3, 0.4) is 0 Å². The largest absolute Gasteiger partial charge is 0.456 e. The van der Waals surface area contributed by atoms with E-state index in [1.54, 1.807) is 12.4 Å². The molecule has 0 fully saturated rings. The zero-order chi connectivity index (χ0) is 29.9. The SMILES string of the molecule is Nc1ncc2ccccc2c1-c1ccc(-c2ccccc2)o1.Nc1ncc2ccccc2c1-c1ccc(-c2ccccc2)o1. The summed E-state index contributed by atoms with van der Waals surface area (Å²) in [5.41, 5.74) is 16.0. The third kappa shape index (κ3) is 5.16. The fourth-order valence-corrected chi connectivity index (χ4v) is 5.34. The van der Waals surface area contributed by atoms with Crippen LogP contribution in [0.2, 0.25) is 0 Å². The maximum absolute atomic E-state index is 6.10. The van der Waals surface area contributed by atoms with Gasteiger partial charge in [0.25, 0.3) is 0 Å². The minimum atomic E-state index is 0.479. The zero-order valence-corrected chi connectivity index (χ0v) is 23.7. The lowest BCUT2D eigenvalue weighted by Crippen LogP contribution is -1.94. The van der Waals surface area contributed by atoms with Gasteiger partial charge >= 0.3 is 0 Å². The second kappa shape index (κ2) is 11.6. The van der Waals surface area contributed by atoms with E-state index in [4.69, 9.17) is 20.3 Å². The monoisotopic (exact) mass is 572 g/mol. The molecule has 44 heavy (non-hydrogen) atoms. The van der Waals surface area contributed by atoms with Gasteiger partial charge in [-0.25, -0.2) is 9.97 Å². The normalized spacial score (nSPS) is 10.9. The van der Waals surface area contributed by atoms with Crippen molar-refractivity contribution in [1.82, 2.24) is 9.97 Å². The Labute approximate surface area is 254 Å². The topological polar surface area (TPSA) is 104 Å². The number of hydrogen-bond acceptors (Lipinski definition) is 6. The molecule has 4 heterocycles. The van der Waals surface area contributed by atoms with Crippen molar-refractivity contribution in [2.24, 2.45) is 0 Å². The average molecular weight is 573 g/mol. The molecule has 6 heteroatoms. The first-order valence-electron chi connectivity index (χ1n) is 14.2. The van der Waals surface area contributed by atoms with Gasteiger partial charge in [-0.3, -0.25) is 0 Å². The van der Waals surface area contributed by atoms with Crippen LogP contribution in [0.1, 0.15) is 0 Å². The summed E-state index contributed by atoms with van der Waals surface area (Å²) in [6.45, 7) is 0. The van der Waals surface area contributed by atoms with Crippen LogP contribution in [0.25, 0.3) is 66.8 Å². The quantitative estimate of drug-likeness (QED) is 0.218. The van der Waals surface area contributed by atoms with Crippen LogP contribution in [0.4, 0.5) is 11.6 Å². The van der Waals surface area contributed by atoms with Crippen molar-refractivity contribution in [1.29, 1.82) is 0 Å². The standard InChI is InChI=1S/2C19H14N2O/c2*20-19-18(15-9-5-4-8-14(15)12-21-19)17-11-10-16(22-17)13-6-2-1-3-7-13/h2*1-12H,(H2,20,21). The number of furan rings is 2. The van der Waals surface area contributed by atoms with Gasteiger partial charge in [0.2, 0.25) is 0 Å². The van der Waals surface area contributed by atoms with Crippen LogP contribution in [0.5, 0.6) is 0 Å². The number of aromatic nitrogens is 2. The predicted octanol–water partition coefficient (Wildman–Crippen LogP) is 9.49. The maximum Gasteiger partial charge on any atom is 0.139 e. The van der Waals surface area contributed by atoms with Crippen molar-refractivity contribution in [3.63, 3.8) is 0 Å². The van der Waals surface area contributed by atoms with Crippen molar-refractivity contribution in [2.75, 3.05) is 11.5 Å². The first-order valence-corrected chi connectivity index (χ1v) is 14.2. The van der Waals surface area contributed by atoms with Gasteiger partial charge in [0, 0.05) is 34.3 Å². The van der Waals surface area contributed by atoms with E-state index in [-0.39, 0.29) is 0 Å². The third-order valence-corrected chi connectivity index (χ3v) is 7.48. The van der Waals surface area contributed by atoms with Gasteiger partial charge in [-0.05, 0) is 35.0 Å². The molecule has 0 spiro atoms. The Bertz CT molecular complexity index is 2040. The van der Waals surface area contributed by atoms with Crippen molar-refractivity contribution >= 4 is 33.2 Å². The number of anilines is 2. The Morgan fingerprint density at radius 2 is 0.750 bits per heavy atom. The molecule has 0 aliphatic heterocycles. The van der Waals surface area contributed by atoms with Gasteiger partial charge in [-0.1, -0.05) is 109 Å². The molecule has 212 valence electrons. The summed E-state index contributed by atoms with van der Waals surface area (Å²) in [6, 6.07) is 43.9. The molecule has 0 saturated carbocycles. The lowest BCUT2D eigenvalue weighted by molar-refractivity contribution is 0.598. The Morgan fingerprint density at radius 3 is 1.18 bits per heavy atom. The van der Waals surface area contributed by atoms with Crippen molar-refractivity contribution in [3.05, 3.63) is 146 Å². The molecule has 0 saturated heterocycles. The molecule has 6 nitrogen and oxygen atoms in total. The minimum Gasteiger partial charge on any atom is -0.456 e. The number of benzene rings is 4. The molecule has 0 aliphatic carbocycles. The van der Waals surface area contributed by atoms with Crippen molar-refractivity contribution < 1.29 is 8.83 Å². The van der Waals surface area contributed by atoms with E-state index in [0.717, 1.165) is 66.8 Å². The van der Waals surface area contributed by atoms with Gasteiger partial charge in [-0.15, -0.1) is 0 Å². The van der Waals surface area contributed by atoms with E-state index in [1.807, 2.05) is 133 Å². The van der Waals surface area contributed by atoms with Crippen LogP contribution in [0, 0.1) is 0 Å². The molecule has 0 unspecified atom stereocenters. The summed E-state index contributed by atoms with van der Waals surface area (Å²) < 4.78 is 12.0. The van der Waals surface area contributed by atoms with Crippen LogP contribution in [0.15, 0.2) is 155 Å². The molecule has 4 aromatic carbocycles. The second-order valence-corrected chi connectivity index (χ2v) is 10.3. The van der Waals surface area contributed by atoms with Crippen LogP contribution >= 0.6 is 0 Å². The van der Waals surface area contributed by atoms with Crippen LogP contribution < -0.4 is 11.5 Å². The number of fused-ring (bicyclic) bond motifs is 2. The molecular weight excluding hydrogens is 544 g/mol. The van der Waals surface area contributed by atoms with Gasteiger partial charge < -0.3 is 20.3 Å². The fraction of sp³-hybridized carbons (Fsp3) is 0. The van der Waals surface area contributed by atoms with Crippen molar-refractivity contribution in [3.8, 4) is 45.3 Å². The molecule has 4 aromatic heterocycles. The van der Waals surface area contributed by atoms with E-state index in [9.17, 15) is 0 Å². The van der Waals surface area contributed by atoms with Gasteiger partial charge in [0.1, 0.15) is 34.7 Å². The van der Waals surface area contributed by atoms with Gasteiger partial charge in [0.15, 0.2) is 0 Å². The van der Waals surface area contributed by atoms with Gasteiger partial charge in [0.05, 0.1) is 11.1 Å². The molecule has 4 N–H and O–H groups in total.